The molecule has 1 N–H and O–H groups in total. The van der Waals surface area contributed by atoms with E-state index in [1.54, 1.807) is 6.92 Å². The highest BCUT2D eigenvalue weighted by Gasteiger charge is 2.21. The number of hydrogen-bond acceptors (Lipinski definition) is 6. The number of hydrogen-bond donors (Lipinski definition) is 1. The largest absolute Gasteiger partial charge is 0.502 e. The third kappa shape index (κ3) is 3.61. The summed E-state index contributed by atoms with van der Waals surface area (Å²) in [5.41, 5.74) is 0.203. The Bertz CT molecular complexity index is 856. The lowest BCUT2D eigenvalue weighted by atomic mass is 10.0. The van der Waals surface area contributed by atoms with Gasteiger partial charge in [0.2, 0.25) is 5.75 Å². The quantitative estimate of drug-likeness (QED) is 0.388. The summed E-state index contributed by atoms with van der Waals surface area (Å²) in [6, 6.07) is 8.02. The summed E-state index contributed by atoms with van der Waals surface area (Å²) in [6.45, 7) is 1.57. The van der Waals surface area contributed by atoms with E-state index in [-0.39, 0.29) is 11.3 Å². The molecule has 0 amide bonds. The predicted molar refractivity (Wildman–Crippen MR) is 86.0 cm³/mol. The number of allylic oxidation sites excluding steroid dienone is 1. The number of nitro groups is 2. The van der Waals surface area contributed by atoms with Crippen molar-refractivity contribution < 1.29 is 19.7 Å². The van der Waals surface area contributed by atoms with Crippen molar-refractivity contribution in [3.63, 3.8) is 0 Å². The van der Waals surface area contributed by atoms with Crippen LogP contribution in [0.3, 0.4) is 0 Å². The number of carbonyl (C=O) groups is 1. The average Bonchev–Trinajstić information content (AvgIpc) is 2.54. The molecule has 2 aromatic rings. The van der Waals surface area contributed by atoms with Gasteiger partial charge < -0.3 is 5.11 Å². The molecule has 8 nitrogen and oxygen atoms in total. The fraction of sp³-hybridized carbons (Fsp3) is 0.0625. The van der Waals surface area contributed by atoms with Gasteiger partial charge in [0.05, 0.1) is 15.4 Å². The second kappa shape index (κ2) is 6.69. The summed E-state index contributed by atoms with van der Waals surface area (Å²) in [5, 5.41) is 31.3. The summed E-state index contributed by atoms with van der Waals surface area (Å²) >= 11 is 0. The smallest absolute Gasteiger partial charge is 0.311 e. The van der Waals surface area contributed by atoms with Crippen LogP contribution < -0.4 is 0 Å². The molecule has 0 fully saturated rings. The van der Waals surface area contributed by atoms with Crippen LogP contribution in [-0.2, 0) is 0 Å². The zero-order valence-corrected chi connectivity index (χ0v) is 12.5. The molecule has 0 unspecified atom stereocenters. The maximum atomic E-state index is 12.2. The lowest BCUT2D eigenvalue weighted by molar-refractivity contribution is -0.385. The van der Waals surface area contributed by atoms with Crippen molar-refractivity contribution in [2.75, 3.05) is 0 Å². The van der Waals surface area contributed by atoms with Crippen molar-refractivity contribution in [2.45, 2.75) is 6.92 Å². The van der Waals surface area contributed by atoms with Crippen LogP contribution in [-0.4, -0.2) is 20.7 Å². The van der Waals surface area contributed by atoms with Crippen LogP contribution in [0.5, 0.6) is 5.75 Å². The zero-order chi connectivity index (χ0) is 17.9. The van der Waals surface area contributed by atoms with E-state index >= 15 is 0 Å². The molecule has 0 aliphatic heterocycles. The number of nitro benzene ring substituents is 2. The Morgan fingerprint density at radius 3 is 2.25 bits per heavy atom. The zero-order valence-electron chi connectivity index (χ0n) is 12.5. The highest BCUT2D eigenvalue weighted by Crippen LogP contribution is 2.31. The highest BCUT2D eigenvalue weighted by atomic mass is 16.6. The Kier molecular flexibility index (Phi) is 4.69. The fourth-order valence-electron chi connectivity index (χ4n) is 2.06. The number of aryl methyl sites for hydroxylation is 1. The first-order valence-electron chi connectivity index (χ1n) is 6.74. The van der Waals surface area contributed by atoms with Gasteiger partial charge in [0.25, 0.3) is 5.69 Å². The van der Waals surface area contributed by atoms with E-state index < -0.39 is 27.1 Å². The van der Waals surface area contributed by atoms with Gasteiger partial charge in [0, 0.05) is 18.2 Å². The fourth-order valence-corrected chi connectivity index (χ4v) is 2.06. The first kappa shape index (κ1) is 16.8. The van der Waals surface area contributed by atoms with Crippen molar-refractivity contribution in [1.29, 1.82) is 0 Å². The number of benzene rings is 2. The molecule has 24 heavy (non-hydrogen) atoms. The van der Waals surface area contributed by atoms with Gasteiger partial charge in [-0.1, -0.05) is 6.08 Å². The normalized spacial score (nSPS) is 10.7. The van der Waals surface area contributed by atoms with Crippen molar-refractivity contribution in [1.82, 2.24) is 0 Å². The number of rotatable bonds is 5. The summed E-state index contributed by atoms with van der Waals surface area (Å²) < 4.78 is 0. The van der Waals surface area contributed by atoms with E-state index in [0.717, 1.165) is 6.08 Å². The third-order valence-electron chi connectivity index (χ3n) is 3.23. The monoisotopic (exact) mass is 328 g/mol. The molecule has 0 aliphatic rings. The van der Waals surface area contributed by atoms with Gasteiger partial charge in [-0.05, 0) is 42.3 Å². The molecular weight excluding hydrogens is 316 g/mol. The molecule has 8 heteroatoms. The van der Waals surface area contributed by atoms with Gasteiger partial charge in [-0.2, -0.15) is 0 Å². The third-order valence-corrected chi connectivity index (χ3v) is 3.23. The van der Waals surface area contributed by atoms with Crippen LogP contribution in [0.1, 0.15) is 21.5 Å². The van der Waals surface area contributed by atoms with Crippen LogP contribution in [0, 0.1) is 27.2 Å². The maximum Gasteiger partial charge on any atom is 0.311 e. The minimum Gasteiger partial charge on any atom is -0.502 e. The summed E-state index contributed by atoms with van der Waals surface area (Å²) in [5.74, 6) is -1.30. The molecule has 0 aliphatic carbocycles. The van der Waals surface area contributed by atoms with Crippen LogP contribution in [0.4, 0.5) is 11.4 Å². The van der Waals surface area contributed by atoms with E-state index in [0.29, 0.717) is 11.1 Å². The molecule has 2 aromatic carbocycles. The molecule has 0 saturated carbocycles. The number of carbonyl (C=O) groups excluding carboxylic acids is 1. The first-order chi connectivity index (χ1) is 11.3. The standard InChI is InChI=1S/C16H12N2O6/c1-10-8-13(16(20)14(9-10)18(23)24)15(19)7-4-11-2-5-12(6-3-11)17(21)22/h2-9,20H,1H3/b7-4+. The maximum absolute atomic E-state index is 12.2. The molecular formula is C16H12N2O6. The summed E-state index contributed by atoms with van der Waals surface area (Å²) in [6.07, 6.45) is 2.54. The minimum atomic E-state index is -0.765. The van der Waals surface area contributed by atoms with Gasteiger partial charge >= 0.3 is 5.69 Å². The van der Waals surface area contributed by atoms with Crippen LogP contribution in [0.2, 0.25) is 0 Å². The molecule has 0 atom stereocenters. The molecule has 0 heterocycles. The first-order valence-corrected chi connectivity index (χ1v) is 6.74. The molecule has 2 rings (SSSR count). The molecule has 0 saturated heterocycles. The Morgan fingerprint density at radius 2 is 1.71 bits per heavy atom. The van der Waals surface area contributed by atoms with Crippen LogP contribution in [0.25, 0.3) is 6.08 Å². The second-order valence-electron chi connectivity index (χ2n) is 4.98. The van der Waals surface area contributed by atoms with Gasteiger partial charge in [0.1, 0.15) is 0 Å². The van der Waals surface area contributed by atoms with E-state index in [2.05, 4.69) is 0 Å². The molecule has 0 radical (unpaired) electrons. The van der Waals surface area contributed by atoms with Crippen molar-refractivity contribution in [3.05, 3.63) is 79.4 Å². The predicted octanol–water partition coefficient (Wildman–Crippen LogP) is 3.41. The SMILES string of the molecule is Cc1cc(C(=O)/C=C/c2ccc([N+](=O)[O-])cc2)c(O)c([N+](=O)[O-])c1. The minimum absolute atomic E-state index is 0.0783. The van der Waals surface area contributed by atoms with Gasteiger partial charge in [0.15, 0.2) is 5.78 Å². The second-order valence-corrected chi connectivity index (χ2v) is 4.98. The molecule has 0 spiro atoms. The Labute approximate surface area is 136 Å². The van der Waals surface area contributed by atoms with Gasteiger partial charge in [-0.3, -0.25) is 25.0 Å². The van der Waals surface area contributed by atoms with Crippen LogP contribution >= 0.6 is 0 Å². The van der Waals surface area contributed by atoms with Gasteiger partial charge in [-0.15, -0.1) is 0 Å². The Balaban J connectivity index is 2.29. The van der Waals surface area contributed by atoms with E-state index in [1.807, 2.05) is 0 Å². The number of aromatic hydroxyl groups is 1. The van der Waals surface area contributed by atoms with Crippen LogP contribution in [0.15, 0.2) is 42.5 Å². The lowest BCUT2D eigenvalue weighted by Gasteiger charge is -2.03. The average molecular weight is 328 g/mol. The number of nitrogens with zero attached hydrogens (tertiary/aromatic N) is 2. The Morgan fingerprint density at radius 1 is 1.08 bits per heavy atom. The number of phenolic OH excluding ortho intramolecular Hbond substituents is 1. The van der Waals surface area contributed by atoms with Crippen molar-refractivity contribution >= 4 is 23.2 Å². The Hall–Kier alpha value is -3.55. The van der Waals surface area contributed by atoms with Gasteiger partial charge in [-0.25, -0.2) is 0 Å². The highest BCUT2D eigenvalue weighted by molar-refractivity contribution is 6.09. The van der Waals surface area contributed by atoms with E-state index in [1.165, 1.54) is 42.5 Å². The van der Waals surface area contributed by atoms with E-state index in [4.69, 9.17) is 0 Å². The van der Waals surface area contributed by atoms with E-state index in [9.17, 15) is 30.1 Å². The molecule has 122 valence electrons. The molecule has 0 bridgehead atoms. The topological polar surface area (TPSA) is 124 Å². The molecule has 0 aromatic heterocycles. The lowest BCUT2D eigenvalue weighted by Crippen LogP contribution is -1.99. The van der Waals surface area contributed by atoms with Crippen molar-refractivity contribution in [2.24, 2.45) is 0 Å². The number of ketones is 1. The summed E-state index contributed by atoms with van der Waals surface area (Å²) in [4.78, 5) is 32.3. The number of non-ortho nitro benzene ring substituents is 1. The summed E-state index contributed by atoms with van der Waals surface area (Å²) in [7, 11) is 0. The number of phenols is 1. The van der Waals surface area contributed by atoms with Crippen molar-refractivity contribution in [3.8, 4) is 5.75 Å².